The maximum atomic E-state index is 4.64. The minimum atomic E-state index is 0. The SMILES string of the molecule is CCNC(=NCc1nncn1C)NC1CCN(c2cccs2)CC1.I. The zero-order valence-electron chi connectivity index (χ0n) is 14.7. The second-order valence-corrected chi connectivity index (χ2v) is 6.84. The molecule has 3 rings (SSSR count). The zero-order valence-corrected chi connectivity index (χ0v) is 17.8. The highest BCUT2D eigenvalue weighted by molar-refractivity contribution is 14.0. The molecule has 1 fully saturated rings. The van der Waals surface area contributed by atoms with Crippen molar-refractivity contribution in [3.05, 3.63) is 29.7 Å². The molecule has 1 aliphatic heterocycles. The second-order valence-electron chi connectivity index (χ2n) is 5.91. The lowest BCUT2D eigenvalue weighted by Crippen LogP contribution is -2.48. The van der Waals surface area contributed by atoms with E-state index in [9.17, 15) is 0 Å². The molecule has 0 amide bonds. The quantitative estimate of drug-likeness (QED) is 0.395. The number of aryl methyl sites for hydroxylation is 1. The highest BCUT2D eigenvalue weighted by Gasteiger charge is 2.20. The average Bonchev–Trinajstić information content (AvgIpc) is 3.25. The summed E-state index contributed by atoms with van der Waals surface area (Å²) in [5.41, 5.74) is 0. The number of hydrogen-bond donors (Lipinski definition) is 2. The van der Waals surface area contributed by atoms with Gasteiger partial charge < -0.3 is 20.1 Å². The Balaban J connectivity index is 0.00000225. The predicted molar refractivity (Wildman–Crippen MR) is 114 cm³/mol. The summed E-state index contributed by atoms with van der Waals surface area (Å²) in [5.74, 6) is 1.72. The van der Waals surface area contributed by atoms with E-state index in [0.717, 1.165) is 44.3 Å². The summed E-state index contributed by atoms with van der Waals surface area (Å²) in [6, 6.07) is 4.77. The molecule has 1 aliphatic rings. The Hall–Kier alpha value is -1.36. The molecule has 25 heavy (non-hydrogen) atoms. The highest BCUT2D eigenvalue weighted by Crippen LogP contribution is 2.24. The fourth-order valence-electron chi connectivity index (χ4n) is 2.81. The molecule has 0 bridgehead atoms. The topological polar surface area (TPSA) is 70.4 Å². The standard InChI is InChI=1S/C16H25N7S.HI/c1-3-17-16(18-11-14-21-19-12-22(14)2)20-13-6-8-23(9-7-13)15-5-4-10-24-15;/h4-5,10,12-13H,3,6-9,11H2,1-2H3,(H2,17,18,20);1H. The van der Waals surface area contributed by atoms with Gasteiger partial charge in [0.15, 0.2) is 11.8 Å². The van der Waals surface area contributed by atoms with Crippen LogP contribution in [0.4, 0.5) is 5.00 Å². The van der Waals surface area contributed by atoms with Crippen LogP contribution in [0.1, 0.15) is 25.6 Å². The summed E-state index contributed by atoms with van der Waals surface area (Å²) < 4.78 is 1.90. The van der Waals surface area contributed by atoms with Gasteiger partial charge in [-0.05, 0) is 37.3 Å². The van der Waals surface area contributed by atoms with Crippen LogP contribution in [0.2, 0.25) is 0 Å². The van der Waals surface area contributed by atoms with Crippen LogP contribution in [-0.4, -0.2) is 46.4 Å². The third-order valence-corrected chi connectivity index (χ3v) is 5.11. The molecule has 0 aliphatic carbocycles. The van der Waals surface area contributed by atoms with Crippen molar-refractivity contribution in [3.8, 4) is 0 Å². The van der Waals surface area contributed by atoms with Gasteiger partial charge in [-0.3, -0.25) is 0 Å². The summed E-state index contributed by atoms with van der Waals surface area (Å²) >= 11 is 1.81. The number of guanidine groups is 1. The molecule has 0 spiro atoms. The smallest absolute Gasteiger partial charge is 0.191 e. The third kappa shape index (κ3) is 5.56. The van der Waals surface area contributed by atoms with Crippen LogP contribution < -0.4 is 15.5 Å². The van der Waals surface area contributed by atoms with Gasteiger partial charge >= 0.3 is 0 Å². The van der Waals surface area contributed by atoms with Gasteiger partial charge in [0.05, 0.1) is 5.00 Å². The van der Waals surface area contributed by atoms with E-state index in [-0.39, 0.29) is 24.0 Å². The Bertz CT molecular complexity index is 647. The Morgan fingerprint density at radius 1 is 1.40 bits per heavy atom. The number of nitrogens with zero attached hydrogens (tertiary/aromatic N) is 5. The van der Waals surface area contributed by atoms with Crippen LogP contribution in [0.5, 0.6) is 0 Å². The number of halogens is 1. The minimum Gasteiger partial charge on any atom is -0.363 e. The molecular weight excluding hydrogens is 449 g/mol. The van der Waals surface area contributed by atoms with Gasteiger partial charge in [-0.1, -0.05) is 0 Å². The monoisotopic (exact) mass is 475 g/mol. The van der Waals surface area contributed by atoms with Crippen molar-refractivity contribution < 1.29 is 0 Å². The maximum Gasteiger partial charge on any atom is 0.191 e. The van der Waals surface area contributed by atoms with Crippen LogP contribution in [0.25, 0.3) is 0 Å². The van der Waals surface area contributed by atoms with Crippen LogP contribution >= 0.6 is 35.3 Å². The second kappa shape index (κ2) is 9.95. The van der Waals surface area contributed by atoms with Crippen LogP contribution in [0.3, 0.4) is 0 Å². The number of hydrogen-bond acceptors (Lipinski definition) is 5. The molecule has 0 atom stereocenters. The zero-order chi connectivity index (χ0) is 16.8. The van der Waals surface area contributed by atoms with Crippen molar-refractivity contribution >= 4 is 46.3 Å². The molecule has 2 aromatic heterocycles. The first-order valence-corrected chi connectivity index (χ1v) is 9.30. The Morgan fingerprint density at radius 3 is 2.80 bits per heavy atom. The van der Waals surface area contributed by atoms with Crippen molar-refractivity contribution in [3.63, 3.8) is 0 Å². The minimum absolute atomic E-state index is 0. The van der Waals surface area contributed by atoms with Gasteiger partial charge in [0.25, 0.3) is 0 Å². The molecule has 7 nitrogen and oxygen atoms in total. The Kier molecular flexibility index (Phi) is 7.94. The van der Waals surface area contributed by atoms with Gasteiger partial charge in [-0.25, -0.2) is 4.99 Å². The lowest BCUT2D eigenvalue weighted by molar-refractivity contribution is 0.462. The largest absolute Gasteiger partial charge is 0.363 e. The summed E-state index contributed by atoms with van der Waals surface area (Å²) in [6.45, 7) is 5.62. The fraction of sp³-hybridized carbons (Fsp3) is 0.562. The van der Waals surface area contributed by atoms with Crippen molar-refractivity contribution in [1.29, 1.82) is 0 Å². The van der Waals surface area contributed by atoms with Gasteiger partial charge in [0, 0.05) is 32.7 Å². The molecule has 3 heterocycles. The van der Waals surface area contributed by atoms with E-state index in [0.29, 0.717) is 12.6 Å². The van der Waals surface area contributed by atoms with Crippen molar-refractivity contribution in [2.24, 2.45) is 12.0 Å². The summed E-state index contributed by atoms with van der Waals surface area (Å²) in [5, 5.41) is 18.4. The lowest BCUT2D eigenvalue weighted by atomic mass is 10.1. The molecule has 2 aromatic rings. The highest BCUT2D eigenvalue weighted by atomic mass is 127. The van der Waals surface area contributed by atoms with Crippen molar-refractivity contribution in [1.82, 2.24) is 25.4 Å². The number of piperidine rings is 1. The van der Waals surface area contributed by atoms with Crippen LogP contribution in [0, 0.1) is 0 Å². The number of nitrogens with one attached hydrogen (secondary N) is 2. The average molecular weight is 475 g/mol. The predicted octanol–water partition coefficient (Wildman–Crippen LogP) is 2.22. The first-order chi connectivity index (χ1) is 11.8. The first-order valence-electron chi connectivity index (χ1n) is 8.42. The van der Waals surface area contributed by atoms with E-state index < -0.39 is 0 Å². The van der Waals surface area contributed by atoms with Gasteiger partial charge in [-0.15, -0.1) is 45.5 Å². The van der Waals surface area contributed by atoms with Gasteiger partial charge in [-0.2, -0.15) is 0 Å². The van der Waals surface area contributed by atoms with Crippen LogP contribution in [-0.2, 0) is 13.6 Å². The van der Waals surface area contributed by atoms with E-state index in [1.54, 1.807) is 6.33 Å². The molecule has 9 heteroatoms. The molecular formula is C16H26IN7S. The van der Waals surface area contributed by atoms with E-state index in [1.165, 1.54) is 5.00 Å². The van der Waals surface area contributed by atoms with E-state index >= 15 is 0 Å². The normalized spacial score (nSPS) is 15.8. The van der Waals surface area contributed by atoms with Gasteiger partial charge in [0.2, 0.25) is 0 Å². The van der Waals surface area contributed by atoms with E-state index in [4.69, 9.17) is 0 Å². The number of rotatable bonds is 5. The third-order valence-electron chi connectivity index (χ3n) is 4.18. The molecule has 0 unspecified atom stereocenters. The lowest BCUT2D eigenvalue weighted by Gasteiger charge is -2.33. The molecule has 0 saturated carbocycles. The molecule has 138 valence electrons. The molecule has 1 saturated heterocycles. The summed E-state index contributed by atoms with van der Waals surface area (Å²) in [4.78, 5) is 7.10. The molecule has 0 radical (unpaired) electrons. The van der Waals surface area contributed by atoms with Crippen LogP contribution in [0.15, 0.2) is 28.8 Å². The molecule has 2 N–H and O–H groups in total. The maximum absolute atomic E-state index is 4.64. The summed E-state index contributed by atoms with van der Waals surface area (Å²) in [6.07, 6.45) is 3.93. The number of thiophene rings is 1. The first kappa shape index (κ1) is 20.0. The number of aliphatic imine (C=N–C) groups is 1. The Morgan fingerprint density at radius 2 is 2.20 bits per heavy atom. The van der Waals surface area contributed by atoms with E-state index in [1.807, 2.05) is 23.0 Å². The summed E-state index contributed by atoms with van der Waals surface area (Å²) in [7, 11) is 1.94. The number of anilines is 1. The number of aromatic nitrogens is 3. The van der Waals surface area contributed by atoms with Gasteiger partial charge in [0.1, 0.15) is 12.9 Å². The van der Waals surface area contributed by atoms with E-state index in [2.05, 4.69) is 55.2 Å². The Labute approximate surface area is 169 Å². The fourth-order valence-corrected chi connectivity index (χ4v) is 3.59. The van der Waals surface area contributed by atoms with Crippen molar-refractivity contribution in [2.75, 3.05) is 24.5 Å². The molecule has 0 aromatic carbocycles. The van der Waals surface area contributed by atoms with Crippen molar-refractivity contribution in [2.45, 2.75) is 32.4 Å².